The van der Waals surface area contributed by atoms with Gasteiger partial charge >= 0.3 is 0 Å². The molecule has 4 heteroatoms. The van der Waals surface area contributed by atoms with Gasteiger partial charge in [0.1, 0.15) is 0 Å². The molecule has 0 fully saturated rings. The number of aromatic carboxylic acids is 1. The molecule has 0 aliphatic rings. The van der Waals surface area contributed by atoms with Crippen molar-refractivity contribution < 1.29 is 9.90 Å². The van der Waals surface area contributed by atoms with Gasteiger partial charge in [-0.15, -0.1) is 0 Å². The van der Waals surface area contributed by atoms with E-state index in [1.807, 2.05) is 45.0 Å². The van der Waals surface area contributed by atoms with E-state index in [1.165, 1.54) is 0 Å². The van der Waals surface area contributed by atoms with Crippen molar-refractivity contribution in [2.24, 2.45) is 5.92 Å². The van der Waals surface area contributed by atoms with Crippen molar-refractivity contribution in [3.63, 3.8) is 0 Å². The van der Waals surface area contributed by atoms with E-state index in [4.69, 9.17) is 0 Å². The summed E-state index contributed by atoms with van der Waals surface area (Å²) in [6.45, 7) is 7.84. The number of carbonyl (C=O) groups excluding carboxylic acids is 1. The van der Waals surface area contributed by atoms with E-state index in [-0.39, 0.29) is 5.56 Å². The van der Waals surface area contributed by atoms with Crippen LogP contribution < -0.4 is 5.11 Å². The zero-order valence-electron chi connectivity index (χ0n) is 12.3. The van der Waals surface area contributed by atoms with Crippen molar-refractivity contribution >= 4 is 5.97 Å². The molecular weight excluding hydrogens is 252 g/mol. The van der Waals surface area contributed by atoms with Crippen LogP contribution in [0.5, 0.6) is 0 Å². The maximum Gasteiger partial charge on any atom is 0.0752 e. The quantitative estimate of drug-likeness (QED) is 0.855. The maximum absolute atomic E-state index is 11.4. The number of nitrogens with zero attached hydrogens (tertiary/aromatic N) is 2. The second kappa shape index (κ2) is 5.49. The number of hydrogen-bond acceptors (Lipinski definition) is 3. The average Bonchev–Trinajstić information content (AvgIpc) is 2.66. The predicted octanol–water partition coefficient (Wildman–Crippen LogP) is 2.05. The van der Waals surface area contributed by atoms with Crippen molar-refractivity contribution in [3.8, 4) is 5.69 Å². The van der Waals surface area contributed by atoms with E-state index in [1.54, 1.807) is 11.6 Å². The van der Waals surface area contributed by atoms with E-state index in [0.29, 0.717) is 23.7 Å². The van der Waals surface area contributed by atoms with Crippen molar-refractivity contribution in [1.82, 2.24) is 9.78 Å². The average molecular weight is 271 g/mol. The summed E-state index contributed by atoms with van der Waals surface area (Å²) in [5.74, 6) is -0.814. The van der Waals surface area contributed by atoms with E-state index < -0.39 is 5.97 Å². The van der Waals surface area contributed by atoms with Crippen LogP contribution >= 0.6 is 0 Å². The molecule has 4 nitrogen and oxygen atoms in total. The summed E-state index contributed by atoms with van der Waals surface area (Å²) >= 11 is 0. The minimum Gasteiger partial charge on any atom is -0.545 e. The lowest BCUT2D eigenvalue weighted by molar-refractivity contribution is -0.255. The molecule has 2 rings (SSSR count). The number of carboxylic acid groups (broad SMARTS) is 1. The molecule has 0 saturated heterocycles. The SMILES string of the molecule is Cc1ccccc1-n1nc(CC(C)C)c(C(=O)[O-])c1C. The fourth-order valence-electron chi connectivity index (χ4n) is 2.39. The summed E-state index contributed by atoms with van der Waals surface area (Å²) in [6.07, 6.45) is 0.628. The zero-order valence-corrected chi connectivity index (χ0v) is 12.3. The lowest BCUT2D eigenvalue weighted by Crippen LogP contribution is -2.24. The molecule has 0 aliphatic carbocycles. The van der Waals surface area contributed by atoms with E-state index >= 15 is 0 Å². The summed E-state index contributed by atoms with van der Waals surface area (Å²) in [7, 11) is 0. The van der Waals surface area contributed by atoms with Crippen LogP contribution in [0.25, 0.3) is 5.69 Å². The smallest absolute Gasteiger partial charge is 0.0752 e. The third kappa shape index (κ3) is 2.59. The first kappa shape index (κ1) is 14.3. The van der Waals surface area contributed by atoms with Crippen LogP contribution in [-0.4, -0.2) is 15.7 Å². The number of carboxylic acids is 1. The molecule has 0 amide bonds. The van der Waals surface area contributed by atoms with Crippen LogP contribution in [0.1, 0.15) is 41.2 Å². The van der Waals surface area contributed by atoms with Crippen molar-refractivity contribution in [2.45, 2.75) is 34.1 Å². The van der Waals surface area contributed by atoms with Crippen molar-refractivity contribution in [1.29, 1.82) is 0 Å². The van der Waals surface area contributed by atoms with Gasteiger partial charge in [-0.05, 0) is 37.8 Å². The molecule has 1 heterocycles. The Kier molecular flexibility index (Phi) is 3.93. The molecule has 1 aromatic heterocycles. The second-order valence-electron chi connectivity index (χ2n) is 5.49. The van der Waals surface area contributed by atoms with Gasteiger partial charge in [-0.25, -0.2) is 4.68 Å². The first-order valence-electron chi connectivity index (χ1n) is 6.77. The highest BCUT2D eigenvalue weighted by molar-refractivity contribution is 5.88. The molecule has 0 spiro atoms. The second-order valence-corrected chi connectivity index (χ2v) is 5.49. The number of aromatic nitrogens is 2. The Morgan fingerprint density at radius 1 is 1.30 bits per heavy atom. The molecule has 0 saturated carbocycles. The van der Waals surface area contributed by atoms with E-state index in [9.17, 15) is 9.90 Å². The standard InChI is InChI=1S/C16H20N2O2/c1-10(2)9-13-15(16(19)20)12(4)18(17-13)14-8-6-5-7-11(14)3/h5-8,10H,9H2,1-4H3,(H,19,20)/p-1. The number of rotatable bonds is 4. The highest BCUT2D eigenvalue weighted by Crippen LogP contribution is 2.22. The van der Waals surface area contributed by atoms with Crippen LogP contribution in [0.3, 0.4) is 0 Å². The summed E-state index contributed by atoms with van der Waals surface area (Å²) < 4.78 is 1.71. The Labute approximate surface area is 119 Å². The molecule has 1 aromatic carbocycles. The third-order valence-corrected chi connectivity index (χ3v) is 3.34. The molecule has 0 N–H and O–H groups in total. The van der Waals surface area contributed by atoms with Crippen LogP contribution in [0, 0.1) is 19.8 Å². The number of carbonyl (C=O) groups is 1. The normalized spacial score (nSPS) is 11.1. The maximum atomic E-state index is 11.4. The van der Waals surface area contributed by atoms with Crippen LogP contribution in [0.15, 0.2) is 24.3 Å². The van der Waals surface area contributed by atoms with Gasteiger partial charge in [-0.3, -0.25) is 0 Å². The summed E-state index contributed by atoms with van der Waals surface area (Å²) in [6, 6.07) is 7.79. The highest BCUT2D eigenvalue weighted by atomic mass is 16.4. The van der Waals surface area contributed by atoms with Crippen molar-refractivity contribution in [3.05, 3.63) is 46.8 Å². The highest BCUT2D eigenvalue weighted by Gasteiger charge is 2.18. The minimum atomic E-state index is -1.15. The van der Waals surface area contributed by atoms with Gasteiger partial charge < -0.3 is 9.90 Å². The minimum absolute atomic E-state index is 0.224. The third-order valence-electron chi connectivity index (χ3n) is 3.34. The molecule has 0 radical (unpaired) electrons. The topological polar surface area (TPSA) is 58.0 Å². The van der Waals surface area contributed by atoms with Crippen molar-refractivity contribution in [2.75, 3.05) is 0 Å². The number of benzene rings is 1. The Balaban J connectivity index is 2.61. The largest absolute Gasteiger partial charge is 0.545 e. The van der Waals surface area contributed by atoms with Gasteiger partial charge in [0.2, 0.25) is 0 Å². The summed E-state index contributed by atoms with van der Waals surface area (Å²) in [5.41, 5.74) is 3.40. The molecule has 0 atom stereocenters. The Bertz CT molecular complexity index is 642. The van der Waals surface area contributed by atoms with Gasteiger partial charge in [-0.1, -0.05) is 32.0 Å². The van der Waals surface area contributed by atoms with Crippen LogP contribution in [-0.2, 0) is 6.42 Å². The Morgan fingerprint density at radius 2 is 1.95 bits per heavy atom. The number of hydrogen-bond donors (Lipinski definition) is 0. The van der Waals surface area contributed by atoms with Gasteiger partial charge in [-0.2, -0.15) is 5.10 Å². The molecule has 106 valence electrons. The Morgan fingerprint density at radius 3 is 2.50 bits per heavy atom. The molecular formula is C16H19N2O2-. The number of aryl methyl sites for hydroxylation is 1. The first-order chi connectivity index (χ1) is 9.41. The fourth-order valence-corrected chi connectivity index (χ4v) is 2.39. The molecule has 0 aliphatic heterocycles. The number of para-hydroxylation sites is 1. The summed E-state index contributed by atoms with van der Waals surface area (Å²) in [4.78, 5) is 11.4. The monoisotopic (exact) mass is 271 g/mol. The Hall–Kier alpha value is -2.10. The molecule has 0 unspecified atom stereocenters. The van der Waals surface area contributed by atoms with Gasteiger partial charge in [0.05, 0.1) is 23.0 Å². The molecule has 20 heavy (non-hydrogen) atoms. The van der Waals surface area contributed by atoms with Gasteiger partial charge in [0.25, 0.3) is 0 Å². The predicted molar refractivity (Wildman–Crippen MR) is 75.9 cm³/mol. The molecule has 2 aromatic rings. The fraction of sp³-hybridized carbons (Fsp3) is 0.375. The van der Waals surface area contributed by atoms with Gasteiger partial charge in [0, 0.05) is 5.56 Å². The van der Waals surface area contributed by atoms with Crippen LogP contribution in [0.4, 0.5) is 0 Å². The van der Waals surface area contributed by atoms with E-state index in [2.05, 4.69) is 5.10 Å². The van der Waals surface area contributed by atoms with Gasteiger partial charge in [0.15, 0.2) is 0 Å². The molecule has 0 bridgehead atoms. The lowest BCUT2D eigenvalue weighted by Gasteiger charge is -2.08. The first-order valence-corrected chi connectivity index (χ1v) is 6.77. The van der Waals surface area contributed by atoms with Crippen LogP contribution in [0.2, 0.25) is 0 Å². The van der Waals surface area contributed by atoms with E-state index in [0.717, 1.165) is 11.3 Å². The summed E-state index contributed by atoms with van der Waals surface area (Å²) in [5, 5.41) is 15.9. The lowest BCUT2D eigenvalue weighted by atomic mass is 10.0. The zero-order chi connectivity index (χ0) is 14.9.